The molecule has 5 rings (SSSR count). The summed E-state index contributed by atoms with van der Waals surface area (Å²) < 4.78 is 80.1. The maximum atomic E-state index is 13.6. The van der Waals surface area contributed by atoms with Gasteiger partial charge in [-0.1, -0.05) is 0 Å². The maximum Gasteiger partial charge on any atom is 0.453 e. The van der Waals surface area contributed by atoms with Crippen LogP contribution in [-0.2, 0) is 23.7 Å². The molecule has 15 heteroatoms. The number of fused-ring (bicyclic) bond motifs is 2. The van der Waals surface area contributed by atoms with E-state index in [1.807, 2.05) is 0 Å². The number of halogens is 6. The zero-order valence-corrected chi connectivity index (χ0v) is 19.7. The van der Waals surface area contributed by atoms with E-state index in [0.717, 1.165) is 12.3 Å². The molecule has 0 bridgehead atoms. The highest BCUT2D eigenvalue weighted by molar-refractivity contribution is 6.09. The van der Waals surface area contributed by atoms with Gasteiger partial charge in [0, 0.05) is 31.5 Å². The Labute approximate surface area is 210 Å². The summed E-state index contributed by atoms with van der Waals surface area (Å²) in [6, 6.07) is 4.07. The molecule has 3 N–H and O–H groups in total. The van der Waals surface area contributed by atoms with E-state index in [0.29, 0.717) is 5.39 Å². The van der Waals surface area contributed by atoms with Gasteiger partial charge in [-0.25, -0.2) is 24.3 Å². The predicted molar refractivity (Wildman–Crippen MR) is 123 cm³/mol. The lowest BCUT2D eigenvalue weighted by Gasteiger charge is -2.22. The molecule has 1 aliphatic rings. The normalized spacial score (nSPS) is 17.6. The van der Waals surface area contributed by atoms with Crippen LogP contribution in [0.5, 0.6) is 0 Å². The number of carbonyl (C=O) groups excluding carboxylic acids is 1. The summed E-state index contributed by atoms with van der Waals surface area (Å²) in [6.07, 6.45) is -5.52. The zero-order valence-electron chi connectivity index (χ0n) is 19.7. The molecule has 0 saturated carbocycles. The van der Waals surface area contributed by atoms with Crippen molar-refractivity contribution in [1.29, 1.82) is 0 Å². The van der Waals surface area contributed by atoms with Crippen molar-refractivity contribution >= 4 is 28.6 Å². The number of alkyl halides is 5. The molecule has 9 nitrogen and oxygen atoms in total. The van der Waals surface area contributed by atoms with Crippen molar-refractivity contribution in [2.24, 2.45) is 7.05 Å². The van der Waals surface area contributed by atoms with Crippen LogP contribution in [0.4, 0.5) is 38.0 Å². The molecule has 1 aliphatic heterocycles. The van der Waals surface area contributed by atoms with Gasteiger partial charge in [-0.3, -0.25) is 9.78 Å². The molecule has 0 aliphatic carbocycles. The van der Waals surface area contributed by atoms with Gasteiger partial charge in [0.2, 0.25) is 5.91 Å². The second-order valence-electron chi connectivity index (χ2n) is 8.95. The molecule has 0 saturated heterocycles. The number of anilines is 2. The summed E-state index contributed by atoms with van der Waals surface area (Å²) in [5.41, 5.74) is 5.45. The molecule has 0 radical (unpaired) electrons. The predicted octanol–water partition coefficient (Wildman–Crippen LogP) is 3.93. The number of amides is 1. The molecular formula is C23H18F6N8O. The molecule has 4 aromatic rings. The number of nitrogens with one attached hydrogen (secondary N) is 1. The van der Waals surface area contributed by atoms with Crippen LogP contribution in [0.2, 0.25) is 0 Å². The van der Waals surface area contributed by atoms with Gasteiger partial charge in [-0.2, -0.15) is 22.0 Å². The van der Waals surface area contributed by atoms with Gasteiger partial charge in [0.1, 0.15) is 40.0 Å². The third-order valence-corrected chi connectivity index (χ3v) is 6.42. The Kier molecular flexibility index (Phi) is 5.58. The Morgan fingerprint density at radius 3 is 2.47 bits per heavy atom. The lowest BCUT2D eigenvalue weighted by atomic mass is 9.81. The third kappa shape index (κ3) is 3.88. The third-order valence-electron chi connectivity index (χ3n) is 6.42. The zero-order chi connectivity index (χ0) is 27.6. The summed E-state index contributed by atoms with van der Waals surface area (Å²) >= 11 is 0. The number of hydrogen-bond acceptors (Lipinski definition) is 7. The number of pyridine rings is 1. The average Bonchev–Trinajstić information content (AvgIpc) is 3.34. The van der Waals surface area contributed by atoms with Gasteiger partial charge >= 0.3 is 12.1 Å². The highest BCUT2D eigenvalue weighted by atomic mass is 19.4. The maximum absolute atomic E-state index is 13.6. The van der Waals surface area contributed by atoms with Crippen LogP contribution in [0.3, 0.4) is 0 Å². The second-order valence-corrected chi connectivity index (χ2v) is 8.95. The Morgan fingerprint density at radius 1 is 1.08 bits per heavy atom. The fourth-order valence-electron chi connectivity index (χ4n) is 4.30. The molecule has 5 heterocycles. The Hall–Kier alpha value is -4.30. The Balaban J connectivity index is 1.61. The van der Waals surface area contributed by atoms with E-state index in [4.69, 9.17) is 5.73 Å². The Morgan fingerprint density at radius 2 is 1.82 bits per heavy atom. The van der Waals surface area contributed by atoms with Crippen LogP contribution in [0.15, 0.2) is 30.6 Å². The lowest BCUT2D eigenvalue weighted by molar-refractivity contribution is -0.284. The molecule has 1 unspecified atom stereocenters. The van der Waals surface area contributed by atoms with Gasteiger partial charge in [0.05, 0.1) is 17.5 Å². The number of aromatic nitrogens is 6. The fraction of sp³-hybridized carbons (Fsp3) is 0.304. The number of hydrogen-bond donors (Lipinski definition) is 2. The van der Waals surface area contributed by atoms with Crippen molar-refractivity contribution in [2.45, 2.75) is 37.3 Å². The Bertz CT molecular complexity index is 1580. The standard InChI is InChI=1S/C23H18F6N8O/c1-21(12-4-3-10(24)9-31-12)14-16(30)34-18(35-17(14)36-20(21)38)15-11-6-8-37(2)19(11)33-13(32-15)5-7-22(25,26)23(27,28)29/h3-4,6,8-9H,5,7H2,1-2H3,(H3,30,34,35,36,38). The molecule has 4 aromatic heterocycles. The number of nitrogens with zero attached hydrogens (tertiary/aromatic N) is 6. The van der Waals surface area contributed by atoms with Crippen molar-refractivity contribution < 1.29 is 31.1 Å². The van der Waals surface area contributed by atoms with Gasteiger partial charge in [0.15, 0.2) is 5.82 Å². The number of carbonyl (C=O) groups is 1. The molecule has 38 heavy (non-hydrogen) atoms. The smallest absolute Gasteiger partial charge is 0.383 e. The first kappa shape index (κ1) is 25.4. The minimum absolute atomic E-state index is 0.0261. The first-order chi connectivity index (χ1) is 17.7. The molecule has 1 atom stereocenters. The summed E-state index contributed by atoms with van der Waals surface area (Å²) in [6.45, 7) is 1.52. The fourth-order valence-corrected chi connectivity index (χ4v) is 4.30. The minimum atomic E-state index is -5.72. The van der Waals surface area contributed by atoms with E-state index in [1.54, 1.807) is 19.3 Å². The first-order valence-electron chi connectivity index (χ1n) is 11.1. The van der Waals surface area contributed by atoms with Crippen LogP contribution in [0.1, 0.15) is 30.4 Å². The SMILES string of the molecule is Cn1ccc2c(-c3nc(N)c4c(n3)NC(=O)C4(C)c3ccc(F)cn3)nc(CCC(F)(F)C(F)(F)F)nc21. The van der Waals surface area contributed by atoms with Crippen LogP contribution < -0.4 is 11.1 Å². The summed E-state index contributed by atoms with van der Waals surface area (Å²) in [5, 5.41) is 2.99. The van der Waals surface area contributed by atoms with E-state index in [1.165, 1.54) is 17.6 Å². The second kappa shape index (κ2) is 8.36. The first-order valence-corrected chi connectivity index (χ1v) is 11.1. The molecule has 1 amide bonds. The highest BCUT2D eigenvalue weighted by Crippen LogP contribution is 2.44. The molecule has 0 fully saturated rings. The van der Waals surface area contributed by atoms with Crippen LogP contribution in [0, 0.1) is 5.82 Å². The summed E-state index contributed by atoms with van der Waals surface area (Å²) in [5.74, 6) is -6.59. The van der Waals surface area contributed by atoms with Crippen molar-refractivity contribution in [3.63, 3.8) is 0 Å². The average molecular weight is 536 g/mol. The largest absolute Gasteiger partial charge is 0.453 e. The van der Waals surface area contributed by atoms with Crippen molar-refractivity contribution in [3.05, 3.63) is 53.5 Å². The quantitative estimate of drug-likeness (QED) is 0.371. The lowest BCUT2D eigenvalue weighted by Crippen LogP contribution is -2.36. The number of nitrogen functional groups attached to an aromatic ring is 1. The number of nitrogens with two attached hydrogens (primary N) is 1. The molecule has 198 valence electrons. The minimum Gasteiger partial charge on any atom is -0.383 e. The van der Waals surface area contributed by atoms with Crippen molar-refractivity contribution in [3.8, 4) is 11.5 Å². The monoisotopic (exact) mass is 536 g/mol. The number of rotatable bonds is 5. The topological polar surface area (TPSA) is 125 Å². The van der Waals surface area contributed by atoms with Crippen LogP contribution >= 0.6 is 0 Å². The van der Waals surface area contributed by atoms with E-state index in [2.05, 4.69) is 30.2 Å². The summed E-state index contributed by atoms with van der Waals surface area (Å²) in [4.78, 5) is 34.0. The van der Waals surface area contributed by atoms with E-state index in [9.17, 15) is 31.1 Å². The van der Waals surface area contributed by atoms with Crippen molar-refractivity contribution in [1.82, 2.24) is 29.5 Å². The van der Waals surface area contributed by atoms with Crippen molar-refractivity contribution in [2.75, 3.05) is 11.1 Å². The molecule has 0 aromatic carbocycles. The van der Waals surface area contributed by atoms with Crippen LogP contribution in [0.25, 0.3) is 22.6 Å². The number of aryl methyl sites for hydroxylation is 2. The van der Waals surface area contributed by atoms with Gasteiger partial charge < -0.3 is 15.6 Å². The molecular weight excluding hydrogens is 518 g/mol. The van der Waals surface area contributed by atoms with Gasteiger partial charge in [0.25, 0.3) is 0 Å². The van der Waals surface area contributed by atoms with E-state index >= 15 is 0 Å². The highest BCUT2D eigenvalue weighted by Gasteiger charge is 2.56. The van der Waals surface area contributed by atoms with E-state index in [-0.39, 0.29) is 45.9 Å². The van der Waals surface area contributed by atoms with Gasteiger partial charge in [-0.05, 0) is 25.1 Å². The van der Waals surface area contributed by atoms with Crippen LogP contribution in [-0.4, -0.2) is 47.5 Å². The summed E-state index contributed by atoms with van der Waals surface area (Å²) in [7, 11) is 1.60. The molecule has 0 spiro atoms. The van der Waals surface area contributed by atoms with Gasteiger partial charge in [-0.15, -0.1) is 0 Å². The van der Waals surface area contributed by atoms with E-state index < -0.39 is 42.1 Å².